The molecule has 3 aromatic rings. The van der Waals surface area contributed by atoms with Crippen LogP contribution in [0.2, 0.25) is 0 Å². The van der Waals surface area contributed by atoms with Gasteiger partial charge in [-0.15, -0.1) is 0 Å². The molecule has 0 bridgehead atoms. The van der Waals surface area contributed by atoms with Crippen molar-refractivity contribution in [3.8, 4) is 5.75 Å². The molecule has 0 atom stereocenters. The first-order valence-corrected chi connectivity index (χ1v) is 8.63. The van der Waals surface area contributed by atoms with Gasteiger partial charge < -0.3 is 10.1 Å². The molecule has 0 saturated carbocycles. The summed E-state index contributed by atoms with van der Waals surface area (Å²) < 4.78 is 6.15. The number of rotatable bonds is 3. The third-order valence-electron chi connectivity index (χ3n) is 4.08. The van der Waals surface area contributed by atoms with Gasteiger partial charge in [0.15, 0.2) is 5.13 Å². The Labute approximate surface area is 147 Å². The quantitative estimate of drug-likeness (QED) is 0.756. The Morgan fingerprint density at radius 2 is 2.12 bits per heavy atom. The van der Waals surface area contributed by atoms with Crippen LogP contribution in [-0.2, 0) is 11.2 Å². The molecule has 2 N–H and O–H groups in total. The Hall–Kier alpha value is -2.93. The van der Waals surface area contributed by atoms with Gasteiger partial charge in [-0.2, -0.15) is 0 Å². The summed E-state index contributed by atoms with van der Waals surface area (Å²) in [7, 11) is 1.61. The Kier molecular flexibility index (Phi) is 3.85. The number of thiazole rings is 1. The van der Waals surface area contributed by atoms with Crippen molar-refractivity contribution in [3.05, 3.63) is 47.5 Å². The van der Waals surface area contributed by atoms with Crippen LogP contribution >= 0.6 is 11.3 Å². The first-order valence-electron chi connectivity index (χ1n) is 7.81. The zero-order chi connectivity index (χ0) is 17.4. The molecular formula is C18H15N3O3S. The van der Waals surface area contributed by atoms with E-state index in [2.05, 4.69) is 15.6 Å². The van der Waals surface area contributed by atoms with Crippen molar-refractivity contribution in [1.29, 1.82) is 0 Å². The fourth-order valence-corrected chi connectivity index (χ4v) is 3.67. The number of nitrogens with one attached hydrogen (secondary N) is 2. The number of methoxy groups -OCH3 is 1. The van der Waals surface area contributed by atoms with Crippen LogP contribution in [0.15, 0.2) is 36.4 Å². The predicted octanol–water partition coefficient (Wildman–Crippen LogP) is 3.44. The minimum Gasteiger partial charge on any atom is -0.497 e. The summed E-state index contributed by atoms with van der Waals surface area (Å²) in [6, 6.07) is 10.9. The number of fused-ring (bicyclic) bond motifs is 2. The summed E-state index contributed by atoms with van der Waals surface area (Å²) in [5.41, 5.74) is 3.11. The lowest BCUT2D eigenvalue weighted by atomic mass is 10.0. The number of carbonyl (C=O) groups is 2. The first kappa shape index (κ1) is 15.6. The number of hydrogen-bond acceptors (Lipinski definition) is 5. The summed E-state index contributed by atoms with van der Waals surface area (Å²) in [6.45, 7) is 0. The molecule has 2 aromatic carbocycles. The summed E-state index contributed by atoms with van der Waals surface area (Å²) >= 11 is 1.40. The van der Waals surface area contributed by atoms with Gasteiger partial charge in [0.25, 0.3) is 5.91 Å². The van der Waals surface area contributed by atoms with Crippen LogP contribution in [0, 0.1) is 0 Å². The van der Waals surface area contributed by atoms with Crippen LogP contribution < -0.4 is 15.4 Å². The van der Waals surface area contributed by atoms with Gasteiger partial charge in [-0.1, -0.05) is 11.3 Å². The molecule has 2 heterocycles. The van der Waals surface area contributed by atoms with Gasteiger partial charge >= 0.3 is 0 Å². The number of hydrogen-bond donors (Lipinski definition) is 2. The minimum atomic E-state index is -0.217. The van der Waals surface area contributed by atoms with E-state index in [1.807, 2.05) is 24.3 Å². The maximum atomic E-state index is 12.5. The SMILES string of the molecule is COc1ccc2nc(NC(=O)c3ccc4c(c3)CCC(=O)N4)sc2c1. The van der Waals surface area contributed by atoms with Gasteiger partial charge in [0.2, 0.25) is 5.91 Å². The number of aromatic nitrogens is 1. The topological polar surface area (TPSA) is 80.3 Å². The summed E-state index contributed by atoms with van der Waals surface area (Å²) in [5, 5.41) is 6.19. The summed E-state index contributed by atoms with van der Waals surface area (Å²) in [5.74, 6) is 0.547. The largest absolute Gasteiger partial charge is 0.497 e. The molecule has 7 heteroatoms. The van der Waals surface area contributed by atoms with Gasteiger partial charge in [0.05, 0.1) is 17.3 Å². The second-order valence-electron chi connectivity index (χ2n) is 5.73. The summed E-state index contributed by atoms with van der Waals surface area (Å²) in [6.07, 6.45) is 1.08. The van der Waals surface area contributed by atoms with Gasteiger partial charge in [0.1, 0.15) is 5.75 Å². The zero-order valence-corrected chi connectivity index (χ0v) is 14.3. The van der Waals surface area contributed by atoms with Crippen molar-refractivity contribution in [2.75, 3.05) is 17.7 Å². The van der Waals surface area contributed by atoms with Gasteiger partial charge in [-0.25, -0.2) is 4.98 Å². The molecule has 25 heavy (non-hydrogen) atoms. The first-order chi connectivity index (χ1) is 12.1. The van der Waals surface area contributed by atoms with Crippen molar-refractivity contribution < 1.29 is 14.3 Å². The lowest BCUT2D eigenvalue weighted by molar-refractivity contribution is -0.116. The second kappa shape index (κ2) is 6.18. The fourth-order valence-electron chi connectivity index (χ4n) is 2.78. The highest BCUT2D eigenvalue weighted by Crippen LogP contribution is 2.30. The maximum Gasteiger partial charge on any atom is 0.257 e. The third kappa shape index (κ3) is 3.06. The number of carbonyl (C=O) groups excluding carboxylic acids is 2. The molecule has 0 fully saturated rings. The highest BCUT2D eigenvalue weighted by molar-refractivity contribution is 7.22. The van der Waals surface area contributed by atoms with Crippen molar-refractivity contribution in [2.45, 2.75) is 12.8 Å². The Morgan fingerprint density at radius 1 is 1.24 bits per heavy atom. The van der Waals surface area contributed by atoms with E-state index in [9.17, 15) is 9.59 Å². The molecule has 0 aliphatic carbocycles. The molecule has 0 spiro atoms. The van der Waals surface area contributed by atoms with Crippen molar-refractivity contribution in [3.63, 3.8) is 0 Å². The monoisotopic (exact) mass is 353 g/mol. The second-order valence-corrected chi connectivity index (χ2v) is 6.76. The van der Waals surface area contributed by atoms with E-state index in [4.69, 9.17) is 4.74 Å². The Bertz CT molecular complexity index is 996. The molecule has 0 radical (unpaired) electrons. The number of nitrogens with zero attached hydrogens (tertiary/aromatic N) is 1. The lowest BCUT2D eigenvalue weighted by Gasteiger charge is -2.17. The van der Waals surface area contributed by atoms with Gasteiger partial charge in [0, 0.05) is 17.7 Å². The van der Waals surface area contributed by atoms with Gasteiger partial charge in [-0.3, -0.25) is 14.9 Å². The molecule has 126 valence electrons. The number of benzene rings is 2. The normalized spacial score (nSPS) is 13.2. The molecule has 2 amide bonds. The van der Waals surface area contributed by atoms with Crippen molar-refractivity contribution >= 4 is 44.2 Å². The number of ether oxygens (including phenoxy) is 1. The fraction of sp³-hybridized carbons (Fsp3) is 0.167. The molecule has 6 nitrogen and oxygen atoms in total. The molecule has 4 rings (SSSR count). The smallest absolute Gasteiger partial charge is 0.257 e. The van der Waals surface area contributed by atoms with E-state index in [-0.39, 0.29) is 11.8 Å². The zero-order valence-electron chi connectivity index (χ0n) is 13.5. The van der Waals surface area contributed by atoms with E-state index < -0.39 is 0 Å². The van der Waals surface area contributed by atoms with Crippen molar-refractivity contribution in [1.82, 2.24) is 4.98 Å². The standard InChI is InChI=1S/C18H15N3O3S/c1-24-12-4-6-14-15(9-12)25-18(20-14)21-17(23)11-2-5-13-10(8-11)3-7-16(22)19-13/h2,4-6,8-9H,3,7H2,1H3,(H,19,22)(H,20,21,23). The van der Waals surface area contributed by atoms with Crippen molar-refractivity contribution in [2.24, 2.45) is 0 Å². The maximum absolute atomic E-state index is 12.5. The minimum absolute atomic E-state index is 0.00889. The number of amides is 2. The Balaban J connectivity index is 1.56. The van der Waals surface area contributed by atoms with Crippen LogP contribution in [0.4, 0.5) is 10.8 Å². The van der Waals surface area contributed by atoms with Gasteiger partial charge in [-0.05, 0) is 48.4 Å². The number of anilines is 2. The van der Waals surface area contributed by atoms with Crippen LogP contribution in [0.5, 0.6) is 5.75 Å². The average molecular weight is 353 g/mol. The van der Waals surface area contributed by atoms with E-state index in [0.717, 1.165) is 27.2 Å². The highest BCUT2D eigenvalue weighted by atomic mass is 32.1. The third-order valence-corrected chi connectivity index (χ3v) is 5.01. The average Bonchev–Trinajstić information content (AvgIpc) is 3.02. The van der Waals surface area contributed by atoms with Crippen LogP contribution in [-0.4, -0.2) is 23.9 Å². The molecule has 1 aliphatic heterocycles. The summed E-state index contributed by atoms with van der Waals surface area (Å²) in [4.78, 5) is 28.3. The molecule has 1 aliphatic rings. The van der Waals surface area contributed by atoms with E-state index in [0.29, 0.717) is 23.5 Å². The van der Waals surface area contributed by atoms with Crippen LogP contribution in [0.1, 0.15) is 22.3 Å². The highest BCUT2D eigenvalue weighted by Gasteiger charge is 2.17. The molecule has 1 aromatic heterocycles. The van der Waals surface area contributed by atoms with E-state index >= 15 is 0 Å². The van der Waals surface area contributed by atoms with Crippen LogP contribution in [0.25, 0.3) is 10.2 Å². The molecular weight excluding hydrogens is 338 g/mol. The lowest BCUT2D eigenvalue weighted by Crippen LogP contribution is -2.20. The van der Waals surface area contributed by atoms with Crippen LogP contribution in [0.3, 0.4) is 0 Å². The van der Waals surface area contributed by atoms with E-state index in [1.165, 1.54) is 11.3 Å². The number of aryl methyl sites for hydroxylation is 1. The Morgan fingerprint density at radius 3 is 2.96 bits per heavy atom. The molecule has 0 saturated heterocycles. The van der Waals surface area contributed by atoms with E-state index in [1.54, 1.807) is 19.2 Å². The molecule has 0 unspecified atom stereocenters. The predicted molar refractivity (Wildman–Crippen MR) is 97.5 cm³/mol.